The highest BCUT2D eigenvalue weighted by molar-refractivity contribution is 6.35. The Kier molecular flexibility index (Phi) is 2.19. The standard InChI is InChI=1S/C12H14ClN3/c1-16-6-10-8(9-4-7(9)5-14)2-3-11(13)12(10)15-16/h2-3,6-7,9H,4-5,14H2,1H3. The molecule has 84 valence electrons. The Labute approximate surface area is 99.2 Å². The van der Waals surface area contributed by atoms with Crippen LogP contribution >= 0.6 is 11.6 Å². The Hall–Kier alpha value is -1.06. The Morgan fingerprint density at radius 1 is 1.56 bits per heavy atom. The van der Waals surface area contributed by atoms with Crippen LogP contribution in [0.15, 0.2) is 18.3 Å². The summed E-state index contributed by atoms with van der Waals surface area (Å²) >= 11 is 6.14. The highest BCUT2D eigenvalue weighted by Gasteiger charge is 2.38. The molecule has 0 aliphatic heterocycles. The topological polar surface area (TPSA) is 43.8 Å². The van der Waals surface area contributed by atoms with Gasteiger partial charge < -0.3 is 5.73 Å². The van der Waals surface area contributed by atoms with E-state index in [9.17, 15) is 0 Å². The van der Waals surface area contributed by atoms with Crippen LogP contribution in [0.25, 0.3) is 10.9 Å². The quantitative estimate of drug-likeness (QED) is 0.868. The minimum absolute atomic E-state index is 0.606. The van der Waals surface area contributed by atoms with Gasteiger partial charge in [-0.3, -0.25) is 4.68 Å². The molecule has 3 nitrogen and oxygen atoms in total. The maximum Gasteiger partial charge on any atom is 0.111 e. The maximum absolute atomic E-state index is 6.14. The van der Waals surface area contributed by atoms with E-state index in [2.05, 4.69) is 11.2 Å². The number of benzene rings is 1. The average Bonchev–Trinajstić information content (AvgIpc) is 2.93. The molecule has 2 aromatic rings. The van der Waals surface area contributed by atoms with Gasteiger partial charge in [0.05, 0.1) is 5.02 Å². The van der Waals surface area contributed by atoms with Gasteiger partial charge in [0.25, 0.3) is 0 Å². The molecule has 2 atom stereocenters. The largest absolute Gasteiger partial charge is 0.330 e. The molecule has 16 heavy (non-hydrogen) atoms. The SMILES string of the molecule is Cn1cc2c(C3CC3CN)ccc(Cl)c2n1. The molecule has 1 aliphatic carbocycles. The molecule has 0 spiro atoms. The molecule has 0 saturated heterocycles. The van der Waals surface area contributed by atoms with Crippen LogP contribution < -0.4 is 5.73 Å². The summed E-state index contributed by atoms with van der Waals surface area (Å²) in [5, 5.41) is 6.29. The van der Waals surface area contributed by atoms with Crippen molar-refractivity contribution in [2.24, 2.45) is 18.7 Å². The molecule has 1 fully saturated rings. The second kappa shape index (κ2) is 3.47. The summed E-state index contributed by atoms with van der Waals surface area (Å²) in [5.41, 5.74) is 7.95. The maximum atomic E-state index is 6.14. The van der Waals surface area contributed by atoms with E-state index in [1.807, 2.05) is 24.0 Å². The fourth-order valence-corrected chi connectivity index (χ4v) is 2.62. The second-order valence-electron chi connectivity index (χ2n) is 4.54. The molecule has 0 amide bonds. The van der Waals surface area contributed by atoms with Crippen LogP contribution in [-0.2, 0) is 7.05 Å². The Morgan fingerprint density at radius 3 is 3.06 bits per heavy atom. The van der Waals surface area contributed by atoms with Crippen molar-refractivity contribution in [3.63, 3.8) is 0 Å². The van der Waals surface area contributed by atoms with Gasteiger partial charge in [0.1, 0.15) is 5.52 Å². The third-order valence-electron chi connectivity index (χ3n) is 3.40. The lowest BCUT2D eigenvalue weighted by Crippen LogP contribution is -2.02. The van der Waals surface area contributed by atoms with Crippen molar-refractivity contribution < 1.29 is 0 Å². The molecule has 1 heterocycles. The zero-order chi connectivity index (χ0) is 11.3. The molecule has 0 bridgehead atoms. The van der Waals surface area contributed by atoms with Crippen LogP contribution in [0.4, 0.5) is 0 Å². The number of rotatable bonds is 2. The van der Waals surface area contributed by atoms with Gasteiger partial charge >= 0.3 is 0 Å². The monoisotopic (exact) mass is 235 g/mol. The minimum Gasteiger partial charge on any atom is -0.330 e. The number of nitrogens with two attached hydrogens (primary N) is 1. The lowest BCUT2D eigenvalue weighted by molar-refractivity contribution is 0.779. The van der Waals surface area contributed by atoms with Crippen molar-refractivity contribution in [3.05, 3.63) is 28.9 Å². The molecule has 1 saturated carbocycles. The average molecular weight is 236 g/mol. The number of hydrogen-bond donors (Lipinski definition) is 1. The van der Waals surface area contributed by atoms with Gasteiger partial charge in [-0.15, -0.1) is 0 Å². The van der Waals surface area contributed by atoms with Gasteiger partial charge in [0, 0.05) is 18.6 Å². The highest BCUT2D eigenvalue weighted by atomic mass is 35.5. The first-order valence-corrected chi connectivity index (χ1v) is 5.90. The zero-order valence-corrected chi connectivity index (χ0v) is 9.91. The number of hydrogen-bond acceptors (Lipinski definition) is 2. The Bertz CT molecular complexity index is 546. The van der Waals surface area contributed by atoms with Gasteiger partial charge in [-0.1, -0.05) is 17.7 Å². The molecule has 0 radical (unpaired) electrons. The molecular formula is C12H14ClN3. The summed E-state index contributed by atoms with van der Waals surface area (Å²) in [6.07, 6.45) is 3.24. The third-order valence-corrected chi connectivity index (χ3v) is 3.71. The van der Waals surface area contributed by atoms with Gasteiger partial charge in [-0.2, -0.15) is 5.10 Å². The van der Waals surface area contributed by atoms with Crippen LogP contribution in [0.5, 0.6) is 0 Å². The summed E-state index contributed by atoms with van der Waals surface area (Å²) in [7, 11) is 1.92. The van der Waals surface area contributed by atoms with Crippen molar-refractivity contribution in [1.82, 2.24) is 9.78 Å². The summed E-state index contributed by atoms with van der Waals surface area (Å²) in [5.74, 6) is 1.25. The fraction of sp³-hybridized carbons (Fsp3) is 0.417. The summed E-state index contributed by atoms with van der Waals surface area (Å²) in [6.45, 7) is 0.773. The van der Waals surface area contributed by atoms with Crippen molar-refractivity contribution in [3.8, 4) is 0 Å². The van der Waals surface area contributed by atoms with E-state index in [4.69, 9.17) is 17.3 Å². The van der Waals surface area contributed by atoms with E-state index < -0.39 is 0 Å². The first-order valence-electron chi connectivity index (χ1n) is 5.52. The Balaban J connectivity index is 2.15. The van der Waals surface area contributed by atoms with Crippen LogP contribution in [0.1, 0.15) is 17.9 Å². The summed E-state index contributed by atoms with van der Waals surface area (Å²) < 4.78 is 1.82. The number of halogens is 1. The van der Waals surface area contributed by atoms with E-state index in [1.54, 1.807) is 0 Å². The van der Waals surface area contributed by atoms with E-state index in [-0.39, 0.29) is 0 Å². The van der Waals surface area contributed by atoms with Gasteiger partial charge in [0.2, 0.25) is 0 Å². The van der Waals surface area contributed by atoms with E-state index >= 15 is 0 Å². The normalized spacial score (nSPS) is 23.9. The fourth-order valence-electron chi connectivity index (χ4n) is 2.42. The first-order chi connectivity index (χ1) is 7.70. The number of fused-ring (bicyclic) bond motifs is 1. The van der Waals surface area contributed by atoms with Crippen molar-refractivity contribution >= 4 is 22.5 Å². The third kappa shape index (κ3) is 1.43. The number of aromatic nitrogens is 2. The highest BCUT2D eigenvalue weighted by Crippen LogP contribution is 2.49. The van der Waals surface area contributed by atoms with Crippen molar-refractivity contribution in [1.29, 1.82) is 0 Å². The van der Waals surface area contributed by atoms with Gasteiger partial charge in [0.15, 0.2) is 0 Å². The number of aryl methyl sites for hydroxylation is 1. The van der Waals surface area contributed by atoms with Crippen LogP contribution in [-0.4, -0.2) is 16.3 Å². The van der Waals surface area contributed by atoms with E-state index in [0.717, 1.165) is 17.1 Å². The summed E-state index contributed by atoms with van der Waals surface area (Å²) in [6, 6.07) is 4.06. The molecular weight excluding hydrogens is 222 g/mol. The molecule has 4 heteroatoms. The molecule has 1 aliphatic rings. The van der Waals surface area contributed by atoms with Crippen LogP contribution in [0.3, 0.4) is 0 Å². The Morgan fingerprint density at radius 2 is 2.38 bits per heavy atom. The van der Waals surface area contributed by atoms with Crippen LogP contribution in [0, 0.1) is 5.92 Å². The van der Waals surface area contributed by atoms with Crippen molar-refractivity contribution in [2.45, 2.75) is 12.3 Å². The molecule has 2 N–H and O–H groups in total. The first kappa shape index (κ1) is 10.1. The van der Waals surface area contributed by atoms with E-state index in [1.165, 1.54) is 17.4 Å². The van der Waals surface area contributed by atoms with E-state index in [0.29, 0.717) is 11.8 Å². The summed E-state index contributed by atoms with van der Waals surface area (Å²) in [4.78, 5) is 0. The predicted molar refractivity (Wildman–Crippen MR) is 65.6 cm³/mol. The smallest absolute Gasteiger partial charge is 0.111 e. The van der Waals surface area contributed by atoms with Gasteiger partial charge in [-0.05, 0) is 36.4 Å². The minimum atomic E-state index is 0.606. The zero-order valence-electron chi connectivity index (χ0n) is 9.15. The van der Waals surface area contributed by atoms with Gasteiger partial charge in [-0.25, -0.2) is 0 Å². The molecule has 1 aromatic heterocycles. The van der Waals surface area contributed by atoms with Crippen LogP contribution in [0.2, 0.25) is 5.02 Å². The molecule has 1 aromatic carbocycles. The lowest BCUT2D eigenvalue weighted by Gasteiger charge is -2.02. The second-order valence-corrected chi connectivity index (χ2v) is 4.95. The van der Waals surface area contributed by atoms with Crippen molar-refractivity contribution in [2.75, 3.05) is 6.54 Å². The molecule has 3 rings (SSSR count). The lowest BCUT2D eigenvalue weighted by atomic mass is 10.0. The molecule has 2 unspecified atom stereocenters. The predicted octanol–water partition coefficient (Wildman–Crippen LogP) is 2.29. The number of nitrogens with zero attached hydrogens (tertiary/aromatic N) is 2.